The Morgan fingerprint density at radius 3 is 2.55 bits per heavy atom. The van der Waals surface area contributed by atoms with E-state index >= 15 is 0 Å². The molecule has 1 unspecified atom stereocenters. The van der Waals surface area contributed by atoms with Crippen LogP contribution in [-0.2, 0) is 14.6 Å². The highest BCUT2D eigenvalue weighted by Gasteiger charge is 2.27. The summed E-state index contributed by atoms with van der Waals surface area (Å²) in [5.41, 5.74) is 0.682. The summed E-state index contributed by atoms with van der Waals surface area (Å²) in [7, 11) is -2.93. The molecule has 1 saturated heterocycles. The van der Waals surface area contributed by atoms with E-state index in [0.717, 1.165) is 5.75 Å². The number of carbonyl (C=O) groups excluding carboxylic acids is 1. The van der Waals surface area contributed by atoms with Gasteiger partial charge >= 0.3 is 0 Å². The molecule has 2 rings (SSSR count). The van der Waals surface area contributed by atoms with Gasteiger partial charge in [-0.05, 0) is 44.5 Å². The van der Waals surface area contributed by atoms with Gasteiger partial charge in [0.2, 0.25) is 5.91 Å². The van der Waals surface area contributed by atoms with Crippen LogP contribution >= 0.6 is 0 Å². The van der Waals surface area contributed by atoms with Gasteiger partial charge in [-0.1, -0.05) is 0 Å². The monoisotopic (exact) mass is 326 g/mol. The Morgan fingerprint density at radius 2 is 2.00 bits per heavy atom. The Labute approximate surface area is 131 Å². The Kier molecular flexibility index (Phi) is 5.42. The molecular formula is C15H22N2O4S. The number of nitrogens with one attached hydrogen (secondary N) is 2. The highest BCUT2D eigenvalue weighted by Crippen LogP contribution is 2.17. The maximum absolute atomic E-state index is 11.8. The number of anilines is 1. The van der Waals surface area contributed by atoms with Crippen molar-refractivity contribution in [3.8, 4) is 5.75 Å². The highest BCUT2D eigenvalue weighted by atomic mass is 32.2. The van der Waals surface area contributed by atoms with Crippen LogP contribution in [-0.4, -0.2) is 44.5 Å². The van der Waals surface area contributed by atoms with Gasteiger partial charge in [-0.2, -0.15) is 0 Å². The zero-order chi connectivity index (χ0) is 16.2. The van der Waals surface area contributed by atoms with Crippen molar-refractivity contribution in [3.63, 3.8) is 0 Å². The molecular weight excluding hydrogens is 304 g/mol. The highest BCUT2D eigenvalue weighted by molar-refractivity contribution is 7.91. The summed E-state index contributed by atoms with van der Waals surface area (Å²) >= 11 is 0. The Bertz CT molecular complexity index is 611. The number of rotatable bonds is 6. The van der Waals surface area contributed by atoms with E-state index in [0.29, 0.717) is 12.1 Å². The number of hydrogen-bond donors (Lipinski definition) is 2. The summed E-state index contributed by atoms with van der Waals surface area (Å²) in [5, 5.41) is 5.74. The van der Waals surface area contributed by atoms with Crippen LogP contribution < -0.4 is 15.4 Å². The summed E-state index contributed by atoms with van der Waals surface area (Å²) in [4.78, 5) is 11.8. The van der Waals surface area contributed by atoms with Gasteiger partial charge in [0.1, 0.15) is 5.75 Å². The van der Waals surface area contributed by atoms with E-state index in [1.807, 2.05) is 13.8 Å². The fourth-order valence-electron chi connectivity index (χ4n) is 2.29. The van der Waals surface area contributed by atoms with E-state index in [9.17, 15) is 13.2 Å². The van der Waals surface area contributed by atoms with Crippen LogP contribution in [0.5, 0.6) is 5.75 Å². The molecule has 1 aliphatic heterocycles. The van der Waals surface area contributed by atoms with Crippen LogP contribution in [0.25, 0.3) is 0 Å². The van der Waals surface area contributed by atoms with E-state index in [2.05, 4.69) is 10.6 Å². The molecule has 122 valence electrons. The summed E-state index contributed by atoms with van der Waals surface area (Å²) in [6.07, 6.45) is 0.670. The van der Waals surface area contributed by atoms with Crippen molar-refractivity contribution in [2.75, 3.05) is 23.4 Å². The molecule has 0 saturated carbocycles. The van der Waals surface area contributed by atoms with Crippen molar-refractivity contribution in [1.82, 2.24) is 5.32 Å². The van der Waals surface area contributed by atoms with Gasteiger partial charge in [0.05, 0.1) is 24.2 Å². The second-order valence-electron chi connectivity index (χ2n) is 5.72. The standard InChI is InChI=1S/C15H22N2O4S/c1-11(2)21-14-5-3-12(4-6-14)17-15(18)9-16-13-7-8-22(19,20)10-13/h3-6,11,13,16H,7-10H2,1-2H3,(H,17,18). The van der Waals surface area contributed by atoms with Crippen LogP contribution in [0.2, 0.25) is 0 Å². The minimum Gasteiger partial charge on any atom is -0.491 e. The van der Waals surface area contributed by atoms with E-state index in [-0.39, 0.29) is 36.1 Å². The molecule has 0 bridgehead atoms. The molecule has 0 radical (unpaired) electrons. The molecule has 0 aliphatic carbocycles. The van der Waals surface area contributed by atoms with Crippen LogP contribution in [0.4, 0.5) is 5.69 Å². The quantitative estimate of drug-likeness (QED) is 0.820. The average molecular weight is 326 g/mol. The van der Waals surface area contributed by atoms with Gasteiger partial charge in [0, 0.05) is 11.7 Å². The molecule has 1 amide bonds. The van der Waals surface area contributed by atoms with E-state index in [1.54, 1.807) is 24.3 Å². The fraction of sp³-hybridized carbons (Fsp3) is 0.533. The zero-order valence-corrected chi connectivity index (χ0v) is 13.7. The third-order valence-electron chi connectivity index (χ3n) is 3.29. The van der Waals surface area contributed by atoms with Gasteiger partial charge in [-0.3, -0.25) is 4.79 Å². The van der Waals surface area contributed by atoms with Crippen LogP contribution in [0, 0.1) is 0 Å². The largest absolute Gasteiger partial charge is 0.491 e. The first kappa shape index (κ1) is 16.8. The van der Waals surface area contributed by atoms with E-state index < -0.39 is 9.84 Å². The maximum atomic E-state index is 11.8. The number of hydrogen-bond acceptors (Lipinski definition) is 5. The van der Waals surface area contributed by atoms with E-state index in [1.165, 1.54) is 0 Å². The predicted molar refractivity (Wildman–Crippen MR) is 85.9 cm³/mol. The molecule has 1 heterocycles. The molecule has 6 nitrogen and oxygen atoms in total. The van der Waals surface area contributed by atoms with Crippen molar-refractivity contribution in [1.29, 1.82) is 0 Å². The third-order valence-corrected chi connectivity index (χ3v) is 5.06. The third kappa shape index (κ3) is 5.31. The number of benzene rings is 1. The molecule has 0 aromatic heterocycles. The van der Waals surface area contributed by atoms with Crippen molar-refractivity contribution in [2.24, 2.45) is 0 Å². The van der Waals surface area contributed by atoms with Crippen molar-refractivity contribution >= 4 is 21.4 Å². The summed E-state index contributed by atoms with van der Waals surface area (Å²) in [6, 6.07) is 7.02. The molecule has 1 fully saturated rings. The van der Waals surface area contributed by atoms with Crippen molar-refractivity contribution < 1.29 is 17.9 Å². The molecule has 2 N–H and O–H groups in total. The lowest BCUT2D eigenvalue weighted by molar-refractivity contribution is -0.115. The summed E-state index contributed by atoms with van der Waals surface area (Å²) in [5.74, 6) is 0.870. The smallest absolute Gasteiger partial charge is 0.238 e. The minimum atomic E-state index is -2.93. The van der Waals surface area contributed by atoms with Crippen molar-refractivity contribution in [2.45, 2.75) is 32.4 Å². The topological polar surface area (TPSA) is 84.5 Å². The van der Waals surface area contributed by atoms with Gasteiger partial charge in [0.15, 0.2) is 9.84 Å². The molecule has 7 heteroatoms. The molecule has 1 aliphatic rings. The second kappa shape index (κ2) is 7.11. The van der Waals surface area contributed by atoms with Gasteiger partial charge in [-0.25, -0.2) is 8.42 Å². The fourth-order valence-corrected chi connectivity index (χ4v) is 4.00. The minimum absolute atomic E-state index is 0.102. The van der Waals surface area contributed by atoms with Crippen LogP contribution in [0.1, 0.15) is 20.3 Å². The molecule has 22 heavy (non-hydrogen) atoms. The zero-order valence-electron chi connectivity index (χ0n) is 12.8. The number of carbonyl (C=O) groups is 1. The van der Waals surface area contributed by atoms with Crippen LogP contribution in [0.15, 0.2) is 24.3 Å². The first-order chi connectivity index (χ1) is 10.3. The Hall–Kier alpha value is -1.60. The maximum Gasteiger partial charge on any atom is 0.238 e. The lowest BCUT2D eigenvalue weighted by atomic mass is 10.2. The number of ether oxygens (including phenoxy) is 1. The van der Waals surface area contributed by atoms with Crippen LogP contribution in [0.3, 0.4) is 0 Å². The lowest BCUT2D eigenvalue weighted by Gasteiger charge is -2.12. The molecule has 1 aromatic carbocycles. The second-order valence-corrected chi connectivity index (χ2v) is 7.95. The normalized spacial score (nSPS) is 20.0. The molecule has 0 spiro atoms. The SMILES string of the molecule is CC(C)Oc1ccc(NC(=O)CNC2CCS(=O)(=O)C2)cc1. The predicted octanol–water partition coefficient (Wildman–Crippen LogP) is 1.19. The lowest BCUT2D eigenvalue weighted by Crippen LogP contribution is -2.36. The van der Waals surface area contributed by atoms with Crippen molar-refractivity contribution in [3.05, 3.63) is 24.3 Å². The first-order valence-corrected chi connectivity index (χ1v) is 9.16. The number of amides is 1. The Morgan fingerprint density at radius 1 is 1.32 bits per heavy atom. The summed E-state index contributed by atoms with van der Waals surface area (Å²) in [6.45, 7) is 4.00. The van der Waals surface area contributed by atoms with Gasteiger partial charge in [-0.15, -0.1) is 0 Å². The summed E-state index contributed by atoms with van der Waals surface area (Å²) < 4.78 is 28.2. The Balaban J connectivity index is 1.77. The average Bonchev–Trinajstić information content (AvgIpc) is 2.78. The molecule has 1 aromatic rings. The number of sulfone groups is 1. The molecule has 1 atom stereocenters. The first-order valence-electron chi connectivity index (χ1n) is 7.34. The van der Waals surface area contributed by atoms with E-state index in [4.69, 9.17) is 4.74 Å². The van der Waals surface area contributed by atoms with Gasteiger partial charge in [0.25, 0.3) is 0 Å². The van der Waals surface area contributed by atoms with Gasteiger partial charge < -0.3 is 15.4 Å².